The molecule has 0 aromatic carbocycles. The first-order chi connectivity index (χ1) is 6.61. The molecule has 1 aromatic rings. The van der Waals surface area contributed by atoms with E-state index in [1.807, 2.05) is 0 Å². The number of halogens is 3. The summed E-state index contributed by atoms with van der Waals surface area (Å²) in [6, 6.07) is 0. The van der Waals surface area contributed by atoms with Crippen LogP contribution in [0, 0.1) is 0 Å². The molecule has 0 fully saturated rings. The Bertz CT molecular complexity index is 333. The van der Waals surface area contributed by atoms with Crippen LogP contribution in [0.1, 0.15) is 17.7 Å². The number of hydrogen-bond acceptors (Lipinski definition) is 3. The lowest BCUT2D eigenvalue weighted by atomic mass is 10.2. The van der Waals surface area contributed by atoms with Crippen LogP contribution >= 0.6 is 11.6 Å². The first-order valence-corrected chi connectivity index (χ1v) is 4.19. The fourth-order valence-electron chi connectivity index (χ4n) is 1.12. The van der Waals surface area contributed by atoms with E-state index in [4.69, 9.17) is 22.1 Å². The normalized spacial score (nSPS) is 10.7. The standard InChI is InChI=1S/C8H9ClF2N2O/c1-14-7-4(9)3-13-5(2-12)6(7)8(10)11/h3,8H,2,12H2,1H3. The van der Waals surface area contributed by atoms with Crippen LogP contribution in [-0.4, -0.2) is 12.1 Å². The molecule has 0 unspecified atom stereocenters. The molecule has 78 valence electrons. The quantitative estimate of drug-likeness (QED) is 0.853. The average molecular weight is 223 g/mol. The summed E-state index contributed by atoms with van der Waals surface area (Å²) < 4.78 is 30.0. The highest BCUT2D eigenvalue weighted by Gasteiger charge is 2.21. The molecule has 2 N–H and O–H groups in total. The summed E-state index contributed by atoms with van der Waals surface area (Å²) in [7, 11) is 1.27. The molecule has 0 radical (unpaired) electrons. The molecular formula is C8H9ClF2N2O. The SMILES string of the molecule is COc1c(Cl)cnc(CN)c1C(F)F. The van der Waals surface area contributed by atoms with Crippen LogP contribution in [0.5, 0.6) is 5.75 Å². The van der Waals surface area contributed by atoms with Crippen molar-refractivity contribution in [2.45, 2.75) is 13.0 Å². The zero-order valence-electron chi connectivity index (χ0n) is 7.43. The van der Waals surface area contributed by atoms with Crippen LogP contribution in [0.25, 0.3) is 0 Å². The first kappa shape index (κ1) is 11.1. The van der Waals surface area contributed by atoms with E-state index in [9.17, 15) is 8.78 Å². The molecule has 0 aliphatic rings. The van der Waals surface area contributed by atoms with Crippen LogP contribution in [0.3, 0.4) is 0 Å². The Hall–Kier alpha value is -0.940. The number of alkyl halides is 2. The van der Waals surface area contributed by atoms with Crippen molar-refractivity contribution < 1.29 is 13.5 Å². The Morgan fingerprint density at radius 2 is 2.29 bits per heavy atom. The summed E-state index contributed by atoms with van der Waals surface area (Å²) in [6.45, 7) is -0.0762. The minimum atomic E-state index is -2.70. The van der Waals surface area contributed by atoms with Crippen molar-refractivity contribution in [3.8, 4) is 5.75 Å². The summed E-state index contributed by atoms with van der Waals surface area (Å²) in [5, 5.41) is 0.0556. The highest BCUT2D eigenvalue weighted by molar-refractivity contribution is 6.32. The first-order valence-electron chi connectivity index (χ1n) is 3.81. The van der Waals surface area contributed by atoms with Gasteiger partial charge in [-0.15, -0.1) is 0 Å². The van der Waals surface area contributed by atoms with Gasteiger partial charge in [0.1, 0.15) is 10.8 Å². The molecule has 1 aromatic heterocycles. The highest BCUT2D eigenvalue weighted by atomic mass is 35.5. The van der Waals surface area contributed by atoms with Crippen molar-refractivity contribution >= 4 is 11.6 Å². The Morgan fingerprint density at radius 1 is 1.64 bits per heavy atom. The third kappa shape index (κ3) is 1.93. The van der Waals surface area contributed by atoms with Gasteiger partial charge in [0.05, 0.1) is 18.4 Å². The van der Waals surface area contributed by atoms with Gasteiger partial charge in [-0.25, -0.2) is 8.78 Å². The molecule has 0 atom stereocenters. The van der Waals surface area contributed by atoms with E-state index >= 15 is 0 Å². The van der Waals surface area contributed by atoms with Crippen LogP contribution in [0.4, 0.5) is 8.78 Å². The number of aromatic nitrogens is 1. The van der Waals surface area contributed by atoms with Crippen molar-refractivity contribution in [1.29, 1.82) is 0 Å². The van der Waals surface area contributed by atoms with Crippen LogP contribution < -0.4 is 10.5 Å². The Balaban J connectivity index is 3.36. The second-order valence-corrected chi connectivity index (χ2v) is 2.91. The summed E-state index contributed by atoms with van der Waals surface area (Å²) in [5.74, 6) is -0.0582. The lowest BCUT2D eigenvalue weighted by Crippen LogP contribution is -2.07. The molecule has 0 bridgehead atoms. The molecular weight excluding hydrogens is 214 g/mol. The second kappa shape index (κ2) is 4.52. The molecule has 0 saturated heterocycles. The van der Waals surface area contributed by atoms with Gasteiger partial charge in [0.2, 0.25) is 0 Å². The van der Waals surface area contributed by atoms with Crippen molar-refractivity contribution in [1.82, 2.24) is 4.98 Å². The summed E-state index contributed by atoms with van der Waals surface area (Å²) in [6.07, 6.45) is -1.45. The fraction of sp³-hybridized carbons (Fsp3) is 0.375. The molecule has 0 spiro atoms. The highest BCUT2D eigenvalue weighted by Crippen LogP contribution is 2.36. The van der Waals surface area contributed by atoms with Crippen LogP contribution in [0.15, 0.2) is 6.20 Å². The lowest BCUT2D eigenvalue weighted by molar-refractivity contribution is 0.145. The topological polar surface area (TPSA) is 48.1 Å². The Labute approximate surface area is 84.8 Å². The van der Waals surface area contributed by atoms with Crippen LogP contribution in [-0.2, 0) is 6.54 Å². The van der Waals surface area contributed by atoms with E-state index in [-0.39, 0.29) is 28.6 Å². The summed E-state index contributed by atoms with van der Waals surface area (Å²) in [4.78, 5) is 3.71. The number of methoxy groups -OCH3 is 1. The van der Waals surface area contributed by atoms with E-state index < -0.39 is 6.43 Å². The molecule has 0 aliphatic heterocycles. The van der Waals surface area contributed by atoms with E-state index in [1.54, 1.807) is 0 Å². The third-order valence-corrected chi connectivity index (χ3v) is 1.99. The molecule has 6 heteroatoms. The molecule has 3 nitrogen and oxygen atoms in total. The molecule has 14 heavy (non-hydrogen) atoms. The summed E-state index contributed by atoms with van der Waals surface area (Å²) >= 11 is 5.64. The van der Waals surface area contributed by atoms with Crippen LogP contribution in [0.2, 0.25) is 5.02 Å². The smallest absolute Gasteiger partial charge is 0.269 e. The van der Waals surface area contributed by atoms with Gasteiger partial charge in [0.15, 0.2) is 0 Å². The third-order valence-electron chi connectivity index (χ3n) is 1.72. The van der Waals surface area contributed by atoms with E-state index in [0.29, 0.717) is 0 Å². The van der Waals surface area contributed by atoms with Gasteiger partial charge in [-0.2, -0.15) is 0 Å². The van der Waals surface area contributed by atoms with Gasteiger partial charge in [-0.1, -0.05) is 11.6 Å². The van der Waals surface area contributed by atoms with E-state index in [2.05, 4.69) is 4.98 Å². The average Bonchev–Trinajstić information content (AvgIpc) is 2.17. The number of pyridine rings is 1. The number of rotatable bonds is 3. The number of hydrogen-bond donors (Lipinski definition) is 1. The van der Waals surface area contributed by atoms with Gasteiger partial charge in [-0.05, 0) is 0 Å². The molecule has 0 saturated carbocycles. The monoisotopic (exact) mass is 222 g/mol. The van der Waals surface area contributed by atoms with Gasteiger partial charge in [0.25, 0.3) is 6.43 Å². The van der Waals surface area contributed by atoms with Crippen molar-refractivity contribution in [3.63, 3.8) is 0 Å². The Morgan fingerprint density at radius 3 is 2.71 bits per heavy atom. The van der Waals surface area contributed by atoms with Gasteiger partial charge in [-0.3, -0.25) is 4.98 Å². The van der Waals surface area contributed by atoms with Gasteiger partial charge >= 0.3 is 0 Å². The van der Waals surface area contributed by atoms with Crippen molar-refractivity contribution in [3.05, 3.63) is 22.5 Å². The minimum Gasteiger partial charge on any atom is -0.495 e. The Kier molecular flexibility index (Phi) is 3.60. The van der Waals surface area contributed by atoms with E-state index in [0.717, 1.165) is 0 Å². The largest absolute Gasteiger partial charge is 0.495 e. The zero-order valence-corrected chi connectivity index (χ0v) is 8.18. The van der Waals surface area contributed by atoms with Crippen molar-refractivity contribution in [2.75, 3.05) is 7.11 Å². The number of nitrogens with two attached hydrogens (primary N) is 1. The second-order valence-electron chi connectivity index (χ2n) is 2.50. The molecule has 0 amide bonds. The minimum absolute atomic E-state index is 0.0556. The number of nitrogens with zero attached hydrogens (tertiary/aromatic N) is 1. The lowest BCUT2D eigenvalue weighted by Gasteiger charge is -2.12. The van der Waals surface area contributed by atoms with Gasteiger partial charge < -0.3 is 10.5 Å². The molecule has 0 aliphatic carbocycles. The maximum atomic E-state index is 12.6. The zero-order chi connectivity index (χ0) is 10.7. The summed E-state index contributed by atoms with van der Waals surface area (Å²) in [5.41, 5.74) is 5.03. The molecule has 1 heterocycles. The predicted molar refractivity (Wildman–Crippen MR) is 48.6 cm³/mol. The predicted octanol–water partition coefficient (Wildman–Crippen LogP) is 2.14. The number of ether oxygens (including phenoxy) is 1. The van der Waals surface area contributed by atoms with E-state index in [1.165, 1.54) is 13.3 Å². The maximum absolute atomic E-state index is 12.6. The maximum Gasteiger partial charge on any atom is 0.269 e. The molecule has 1 rings (SSSR count). The van der Waals surface area contributed by atoms with Gasteiger partial charge in [0, 0.05) is 12.7 Å². The van der Waals surface area contributed by atoms with Crippen molar-refractivity contribution in [2.24, 2.45) is 5.73 Å². The fourth-order valence-corrected chi connectivity index (χ4v) is 1.35.